The third-order valence-electron chi connectivity index (χ3n) is 2.83. The van der Waals surface area contributed by atoms with E-state index in [0.717, 1.165) is 25.1 Å². The Balaban J connectivity index is 3.13. The lowest BCUT2D eigenvalue weighted by molar-refractivity contribution is 0.301. The Hall–Kier alpha value is -1.46. The van der Waals surface area contributed by atoms with Gasteiger partial charge in [-0.25, -0.2) is 0 Å². The van der Waals surface area contributed by atoms with Gasteiger partial charge in [-0.3, -0.25) is 0 Å². The van der Waals surface area contributed by atoms with Crippen molar-refractivity contribution in [1.82, 2.24) is 0 Å². The zero-order valence-corrected chi connectivity index (χ0v) is 11.8. The smallest absolute Gasteiger partial charge is 0.172 e. The maximum Gasteiger partial charge on any atom is 0.172 e. The lowest BCUT2D eigenvalue weighted by Gasteiger charge is -2.26. The molecule has 0 aliphatic carbocycles. The van der Waals surface area contributed by atoms with Crippen molar-refractivity contribution in [3.63, 3.8) is 0 Å². The molecule has 4 N–H and O–H groups in total. The van der Waals surface area contributed by atoms with E-state index < -0.39 is 0 Å². The van der Waals surface area contributed by atoms with Crippen LogP contribution in [0.5, 0.6) is 0 Å². The summed E-state index contributed by atoms with van der Waals surface area (Å²) in [4.78, 5) is 2.01. The first-order valence-electron chi connectivity index (χ1n) is 6.27. The van der Waals surface area contributed by atoms with Gasteiger partial charge in [0.25, 0.3) is 0 Å². The van der Waals surface area contributed by atoms with Crippen LogP contribution in [0.25, 0.3) is 0 Å². The minimum atomic E-state index is 0.0111. The number of aliphatic hydroxyl groups is 1. The Morgan fingerprint density at radius 3 is 2.74 bits per heavy atom. The Kier molecular flexibility index (Phi) is 6.45. The molecular formula is C13H20ClN3O2. The molecule has 1 aromatic carbocycles. The normalized spacial score (nSPS) is 11.6. The van der Waals surface area contributed by atoms with Crippen molar-refractivity contribution in [2.75, 3.05) is 24.6 Å². The lowest BCUT2D eigenvalue weighted by atomic mass is 10.1. The van der Waals surface area contributed by atoms with Crippen LogP contribution in [0.3, 0.4) is 0 Å². The largest absolute Gasteiger partial charge is 0.409 e. The summed E-state index contributed by atoms with van der Waals surface area (Å²) in [5.41, 5.74) is 7.06. The first-order valence-corrected chi connectivity index (χ1v) is 6.65. The molecule has 0 spiro atoms. The SMILES string of the molecule is CCCCN(CCO)c1ccc(Cl)cc1C(N)=NO. The average Bonchev–Trinajstić information content (AvgIpc) is 2.42. The van der Waals surface area contributed by atoms with E-state index in [-0.39, 0.29) is 12.4 Å². The fourth-order valence-electron chi connectivity index (χ4n) is 1.87. The van der Waals surface area contributed by atoms with E-state index in [2.05, 4.69) is 12.1 Å². The number of hydrogen-bond acceptors (Lipinski definition) is 4. The van der Waals surface area contributed by atoms with Crippen LogP contribution in [0.15, 0.2) is 23.4 Å². The molecule has 0 radical (unpaired) electrons. The third kappa shape index (κ3) is 4.29. The molecule has 0 heterocycles. The molecule has 5 nitrogen and oxygen atoms in total. The Morgan fingerprint density at radius 1 is 1.42 bits per heavy atom. The van der Waals surface area contributed by atoms with E-state index >= 15 is 0 Å². The standard InChI is InChI=1S/C13H20ClN3O2/c1-2-3-6-17(7-8-18)12-5-4-10(14)9-11(12)13(15)16-19/h4-5,9,18-19H,2-3,6-8H2,1H3,(H2,15,16). The summed E-state index contributed by atoms with van der Waals surface area (Å²) >= 11 is 5.94. The van der Waals surface area contributed by atoms with Gasteiger partial charge in [0, 0.05) is 29.4 Å². The molecule has 1 rings (SSSR count). The van der Waals surface area contributed by atoms with Crippen LogP contribution in [0, 0.1) is 0 Å². The minimum absolute atomic E-state index is 0.0111. The zero-order chi connectivity index (χ0) is 14.3. The van der Waals surface area contributed by atoms with Crippen molar-refractivity contribution in [1.29, 1.82) is 0 Å². The zero-order valence-electron chi connectivity index (χ0n) is 11.0. The molecule has 6 heteroatoms. The van der Waals surface area contributed by atoms with E-state index in [0.29, 0.717) is 17.1 Å². The van der Waals surface area contributed by atoms with Crippen LogP contribution in [-0.4, -0.2) is 35.8 Å². The van der Waals surface area contributed by atoms with Gasteiger partial charge in [0.1, 0.15) is 0 Å². The van der Waals surface area contributed by atoms with Gasteiger partial charge in [-0.05, 0) is 24.6 Å². The summed E-state index contributed by atoms with van der Waals surface area (Å²) in [7, 11) is 0. The summed E-state index contributed by atoms with van der Waals surface area (Å²) < 4.78 is 0. The van der Waals surface area contributed by atoms with Crippen LogP contribution in [0.1, 0.15) is 25.3 Å². The number of rotatable bonds is 7. The quantitative estimate of drug-likeness (QED) is 0.310. The van der Waals surface area contributed by atoms with Crippen molar-refractivity contribution in [3.05, 3.63) is 28.8 Å². The van der Waals surface area contributed by atoms with Gasteiger partial charge in [0.15, 0.2) is 5.84 Å². The molecule has 1 aromatic rings. The average molecular weight is 286 g/mol. The summed E-state index contributed by atoms with van der Waals surface area (Å²) in [6.07, 6.45) is 2.05. The van der Waals surface area contributed by atoms with Crippen LogP contribution >= 0.6 is 11.6 Å². The first kappa shape index (κ1) is 15.6. The highest BCUT2D eigenvalue weighted by Gasteiger charge is 2.14. The molecule has 0 atom stereocenters. The lowest BCUT2D eigenvalue weighted by Crippen LogP contribution is -2.30. The maximum atomic E-state index is 9.16. The fraction of sp³-hybridized carbons (Fsp3) is 0.462. The van der Waals surface area contributed by atoms with Gasteiger partial charge >= 0.3 is 0 Å². The number of benzene rings is 1. The number of anilines is 1. The number of nitrogens with zero attached hydrogens (tertiary/aromatic N) is 2. The number of hydrogen-bond donors (Lipinski definition) is 3. The number of amidine groups is 1. The number of unbranched alkanes of at least 4 members (excludes halogenated alkanes) is 1. The molecule has 0 unspecified atom stereocenters. The molecule has 0 aliphatic rings. The Morgan fingerprint density at radius 2 is 2.16 bits per heavy atom. The van der Waals surface area contributed by atoms with Crippen molar-refractivity contribution < 1.29 is 10.3 Å². The number of aliphatic hydroxyl groups excluding tert-OH is 1. The van der Waals surface area contributed by atoms with Crippen LogP contribution in [0.4, 0.5) is 5.69 Å². The Bertz CT molecular complexity index is 438. The second-order valence-electron chi connectivity index (χ2n) is 4.21. The third-order valence-corrected chi connectivity index (χ3v) is 3.07. The van der Waals surface area contributed by atoms with E-state index in [4.69, 9.17) is 27.6 Å². The highest BCUT2D eigenvalue weighted by atomic mass is 35.5. The van der Waals surface area contributed by atoms with Gasteiger partial charge in [-0.15, -0.1) is 0 Å². The Labute approximate surface area is 118 Å². The van der Waals surface area contributed by atoms with Crippen molar-refractivity contribution in [2.24, 2.45) is 10.9 Å². The highest BCUT2D eigenvalue weighted by Crippen LogP contribution is 2.24. The van der Waals surface area contributed by atoms with E-state index in [1.807, 2.05) is 11.0 Å². The molecule has 0 saturated carbocycles. The molecule has 0 saturated heterocycles. The van der Waals surface area contributed by atoms with E-state index in [1.54, 1.807) is 12.1 Å². The van der Waals surface area contributed by atoms with Crippen molar-refractivity contribution in [2.45, 2.75) is 19.8 Å². The summed E-state index contributed by atoms with van der Waals surface area (Å²) in [6, 6.07) is 5.23. The number of halogens is 1. The first-order chi connectivity index (χ1) is 9.13. The molecule has 0 aromatic heterocycles. The maximum absolute atomic E-state index is 9.16. The predicted octanol–water partition coefficient (Wildman–Crippen LogP) is 2.03. The molecule has 106 valence electrons. The molecule has 19 heavy (non-hydrogen) atoms. The molecule has 0 fully saturated rings. The predicted molar refractivity (Wildman–Crippen MR) is 78.2 cm³/mol. The van der Waals surface area contributed by atoms with E-state index in [1.165, 1.54) is 0 Å². The second kappa shape index (κ2) is 7.86. The van der Waals surface area contributed by atoms with Crippen molar-refractivity contribution >= 4 is 23.1 Å². The minimum Gasteiger partial charge on any atom is -0.409 e. The van der Waals surface area contributed by atoms with Gasteiger partial charge in [-0.1, -0.05) is 30.1 Å². The van der Waals surface area contributed by atoms with Crippen LogP contribution < -0.4 is 10.6 Å². The van der Waals surface area contributed by atoms with Crippen LogP contribution in [0.2, 0.25) is 5.02 Å². The number of oxime groups is 1. The topological polar surface area (TPSA) is 82.1 Å². The summed E-state index contributed by atoms with van der Waals surface area (Å²) in [6.45, 7) is 3.43. The van der Waals surface area contributed by atoms with E-state index in [9.17, 15) is 0 Å². The molecule has 0 aliphatic heterocycles. The van der Waals surface area contributed by atoms with Crippen molar-refractivity contribution in [3.8, 4) is 0 Å². The summed E-state index contributed by atoms with van der Waals surface area (Å²) in [5, 5.41) is 21.6. The second-order valence-corrected chi connectivity index (χ2v) is 4.65. The molecule has 0 amide bonds. The van der Waals surface area contributed by atoms with Gasteiger partial charge in [0.2, 0.25) is 0 Å². The molecule has 0 bridgehead atoms. The fourth-order valence-corrected chi connectivity index (χ4v) is 2.04. The molecular weight excluding hydrogens is 266 g/mol. The van der Waals surface area contributed by atoms with Gasteiger partial charge < -0.3 is 20.9 Å². The number of nitrogens with two attached hydrogens (primary N) is 1. The van der Waals surface area contributed by atoms with Crippen LogP contribution in [-0.2, 0) is 0 Å². The van der Waals surface area contributed by atoms with Gasteiger partial charge in [-0.2, -0.15) is 0 Å². The summed E-state index contributed by atoms with van der Waals surface area (Å²) in [5.74, 6) is 0.0111. The highest BCUT2D eigenvalue weighted by molar-refractivity contribution is 6.31. The monoisotopic (exact) mass is 285 g/mol. The van der Waals surface area contributed by atoms with Gasteiger partial charge in [0.05, 0.1) is 6.61 Å².